The van der Waals surface area contributed by atoms with Gasteiger partial charge in [0.1, 0.15) is 0 Å². The van der Waals surface area contributed by atoms with Crippen LogP contribution in [0.1, 0.15) is 5.56 Å². The van der Waals surface area contributed by atoms with Gasteiger partial charge in [-0.2, -0.15) is 5.43 Å². The van der Waals surface area contributed by atoms with E-state index in [-0.39, 0.29) is 0 Å². The molecule has 0 atom stereocenters. The number of anilines is 2. The molecule has 0 spiro atoms. The minimum Gasteiger partial charge on any atom is -0.214 e. The van der Waals surface area contributed by atoms with Gasteiger partial charge in [0.05, 0.1) is 21.5 Å². The van der Waals surface area contributed by atoms with Crippen LogP contribution in [-0.4, -0.2) is 10.8 Å². The highest BCUT2D eigenvalue weighted by atomic mass is 32.1. The molecular weight excluding hydrogens is 342 g/mol. The molecule has 5 nitrogen and oxygen atoms in total. The van der Waals surface area contributed by atoms with Gasteiger partial charge >= 0.3 is 0 Å². The van der Waals surface area contributed by atoms with Crippen molar-refractivity contribution in [1.82, 2.24) is 4.98 Å². The average molecular weight is 358 g/mol. The van der Waals surface area contributed by atoms with Gasteiger partial charge in [-0.05, 0) is 36.4 Å². The molecule has 0 fully saturated rings. The molecule has 0 saturated carbocycles. The Kier molecular flexibility index (Phi) is 3.62. The molecule has 2 heterocycles. The van der Waals surface area contributed by atoms with E-state index in [1.54, 1.807) is 11.3 Å². The number of thiazole rings is 1. The number of hydrogen-bond donors (Lipinski definition) is 1. The molecule has 0 unspecified atom stereocenters. The molecule has 4 aromatic rings. The fraction of sp³-hybridized carbons (Fsp3) is 0. The molecule has 6 heteroatoms. The van der Waals surface area contributed by atoms with E-state index in [4.69, 9.17) is 10.1 Å². The zero-order valence-electron chi connectivity index (χ0n) is 13.9. The van der Waals surface area contributed by atoms with E-state index in [0.29, 0.717) is 0 Å². The molecule has 1 aliphatic heterocycles. The Bertz CT molecular complexity index is 1040. The molecular formula is C20H16N5S+. The van der Waals surface area contributed by atoms with E-state index < -0.39 is 0 Å². The Morgan fingerprint density at radius 1 is 0.769 bits per heavy atom. The lowest BCUT2D eigenvalue weighted by atomic mass is 10.2. The summed E-state index contributed by atoms with van der Waals surface area (Å²) in [4.78, 5) is 4.80. The first-order valence-corrected chi connectivity index (χ1v) is 9.19. The smallest absolute Gasteiger partial charge is 0.214 e. The fourth-order valence-corrected chi connectivity index (χ4v) is 3.85. The van der Waals surface area contributed by atoms with Crippen LogP contribution in [0.2, 0.25) is 0 Å². The molecule has 126 valence electrons. The van der Waals surface area contributed by atoms with Crippen molar-refractivity contribution in [2.75, 3.05) is 10.2 Å². The third-order valence-electron chi connectivity index (χ3n) is 4.19. The largest absolute Gasteiger partial charge is 0.277 e. The number of rotatable bonds is 3. The second-order valence-corrected chi connectivity index (χ2v) is 6.92. The minimum atomic E-state index is 0.893. The number of para-hydroxylation sites is 2. The number of nitrogens with zero attached hydrogens (tertiary/aromatic N) is 4. The van der Waals surface area contributed by atoms with E-state index >= 15 is 0 Å². The lowest BCUT2D eigenvalue weighted by Gasteiger charge is -2.20. The summed E-state index contributed by atoms with van der Waals surface area (Å²) >= 11 is 1.66. The third kappa shape index (κ3) is 2.61. The summed E-state index contributed by atoms with van der Waals surface area (Å²) in [6, 6.07) is 28.5. The molecule has 1 aliphatic rings. The highest BCUT2D eigenvalue weighted by molar-refractivity contribution is 7.22. The number of benzene rings is 3. The van der Waals surface area contributed by atoms with Gasteiger partial charge in [0.2, 0.25) is 0 Å². The Morgan fingerprint density at radius 2 is 1.46 bits per heavy atom. The molecule has 0 saturated heterocycles. The molecule has 26 heavy (non-hydrogen) atoms. The van der Waals surface area contributed by atoms with Gasteiger partial charge in [0.25, 0.3) is 11.0 Å². The zero-order valence-corrected chi connectivity index (χ0v) is 14.7. The quantitative estimate of drug-likeness (QED) is 0.571. The second kappa shape index (κ2) is 6.25. The monoisotopic (exact) mass is 358 g/mol. The number of hydrogen-bond acceptors (Lipinski definition) is 5. The summed E-state index contributed by atoms with van der Waals surface area (Å²) in [6.45, 7) is 0. The maximum Gasteiger partial charge on any atom is 0.277 e. The maximum absolute atomic E-state index is 4.84. The van der Waals surface area contributed by atoms with Crippen molar-refractivity contribution in [2.45, 2.75) is 0 Å². The Morgan fingerprint density at radius 3 is 2.23 bits per heavy atom. The standard InChI is InChI=1S/C20H15N5S/c1-3-9-15(10-4-1)19-22-24(16-11-5-2-6-12-16)25(23-19)20-21-17-13-7-8-14-18(17)26-20/h1-14H,(H,22,23)/p+1. The maximum atomic E-state index is 4.84. The van der Waals surface area contributed by atoms with Crippen LogP contribution in [0.25, 0.3) is 10.2 Å². The van der Waals surface area contributed by atoms with Gasteiger partial charge in [0.15, 0.2) is 0 Å². The number of amidine groups is 1. The van der Waals surface area contributed by atoms with Gasteiger partial charge in [-0.15, -0.1) is 5.12 Å². The first kappa shape index (κ1) is 15.1. The fourth-order valence-electron chi connectivity index (χ4n) is 2.93. The summed E-state index contributed by atoms with van der Waals surface area (Å²) in [7, 11) is 0. The van der Waals surface area contributed by atoms with E-state index in [9.17, 15) is 0 Å². The van der Waals surface area contributed by atoms with Gasteiger partial charge in [-0.25, -0.2) is 4.98 Å². The summed E-state index contributed by atoms with van der Waals surface area (Å²) in [5.41, 5.74) is 5.12. The molecule has 0 amide bonds. The number of fused-ring (bicyclic) bond motifs is 1. The van der Waals surface area contributed by atoms with Crippen LogP contribution in [-0.2, 0) is 0 Å². The predicted molar refractivity (Wildman–Crippen MR) is 106 cm³/mol. The normalized spacial score (nSPS) is 14.1. The first-order valence-electron chi connectivity index (χ1n) is 8.37. The number of nitrogens with two attached hydrogens (primary N) is 1. The zero-order chi connectivity index (χ0) is 17.3. The van der Waals surface area contributed by atoms with Crippen LogP contribution in [0, 0.1) is 0 Å². The Balaban J connectivity index is 1.59. The van der Waals surface area contributed by atoms with Crippen molar-refractivity contribution in [1.29, 1.82) is 0 Å². The second-order valence-electron chi connectivity index (χ2n) is 5.91. The summed E-state index contributed by atoms with van der Waals surface area (Å²) in [5, 5.41) is 9.66. The van der Waals surface area contributed by atoms with Crippen molar-refractivity contribution < 1.29 is 5.43 Å². The van der Waals surface area contributed by atoms with Crippen LogP contribution >= 0.6 is 11.3 Å². The molecule has 2 N–H and O–H groups in total. The Hall–Kier alpha value is -3.22. The summed E-state index contributed by atoms with van der Waals surface area (Å²) in [5.74, 6) is 0.911. The third-order valence-corrected chi connectivity index (χ3v) is 5.21. The van der Waals surface area contributed by atoms with E-state index in [0.717, 1.165) is 32.4 Å². The molecule has 0 aliphatic carbocycles. The number of quaternary nitrogens is 1. The van der Waals surface area contributed by atoms with Crippen molar-refractivity contribution in [3.05, 3.63) is 90.5 Å². The van der Waals surface area contributed by atoms with Crippen LogP contribution in [0.5, 0.6) is 0 Å². The lowest BCUT2D eigenvalue weighted by molar-refractivity contribution is -0.545. The van der Waals surface area contributed by atoms with Gasteiger partial charge in [-0.3, -0.25) is 0 Å². The van der Waals surface area contributed by atoms with E-state index in [1.165, 1.54) is 0 Å². The van der Waals surface area contributed by atoms with Gasteiger partial charge in [0, 0.05) is 0 Å². The van der Waals surface area contributed by atoms with Crippen LogP contribution < -0.4 is 15.7 Å². The topological polar surface area (TPSA) is 48.3 Å². The molecule has 0 radical (unpaired) electrons. The first-order chi connectivity index (χ1) is 12.9. The van der Waals surface area contributed by atoms with Crippen molar-refractivity contribution in [3.8, 4) is 0 Å². The van der Waals surface area contributed by atoms with Crippen molar-refractivity contribution >= 4 is 38.2 Å². The number of hydrazone groups is 1. The Labute approximate surface area is 154 Å². The van der Waals surface area contributed by atoms with Crippen LogP contribution in [0.15, 0.2) is 90.0 Å². The predicted octanol–water partition coefficient (Wildman–Crippen LogP) is 3.38. The van der Waals surface area contributed by atoms with Crippen LogP contribution in [0.3, 0.4) is 0 Å². The van der Waals surface area contributed by atoms with Crippen molar-refractivity contribution in [2.24, 2.45) is 5.10 Å². The van der Waals surface area contributed by atoms with Crippen LogP contribution in [0.4, 0.5) is 10.8 Å². The average Bonchev–Trinajstić information content (AvgIpc) is 3.33. The molecule has 3 aromatic carbocycles. The van der Waals surface area contributed by atoms with Gasteiger partial charge in [-0.1, -0.05) is 70.1 Å². The lowest BCUT2D eigenvalue weighted by Crippen LogP contribution is -2.96. The van der Waals surface area contributed by atoms with E-state index in [2.05, 4.69) is 18.2 Å². The summed E-state index contributed by atoms with van der Waals surface area (Å²) < 4.78 is 1.16. The van der Waals surface area contributed by atoms with Crippen molar-refractivity contribution in [3.63, 3.8) is 0 Å². The molecule has 5 rings (SSSR count). The number of aromatic nitrogens is 1. The van der Waals surface area contributed by atoms with E-state index in [1.807, 2.05) is 82.4 Å². The highest BCUT2D eigenvalue weighted by Crippen LogP contribution is 2.30. The van der Waals surface area contributed by atoms with Gasteiger partial charge < -0.3 is 0 Å². The minimum absolute atomic E-state index is 0.893. The number of hydrazine groups is 1. The highest BCUT2D eigenvalue weighted by Gasteiger charge is 2.33. The SMILES string of the molecule is c1ccc(C2=NN(c3ccccc3)N(c3nc4ccccc4s3)[NH2+]2)cc1. The molecule has 1 aromatic heterocycles. The molecule has 0 bridgehead atoms. The summed E-state index contributed by atoms with van der Waals surface area (Å²) in [6.07, 6.45) is 0.